The Bertz CT molecular complexity index is 988. The third-order valence-corrected chi connectivity index (χ3v) is 3.49. The quantitative estimate of drug-likeness (QED) is 0.679. The van der Waals surface area contributed by atoms with Crippen molar-refractivity contribution >= 4 is 34.7 Å². The number of allylic oxidation sites excluding steroid dienone is 7. The first-order valence-corrected chi connectivity index (χ1v) is 8.98. The predicted molar refractivity (Wildman–Crippen MR) is 120 cm³/mol. The van der Waals surface area contributed by atoms with E-state index in [1.807, 2.05) is 70.2 Å². The lowest BCUT2D eigenvalue weighted by Crippen LogP contribution is -2.30. The largest absolute Gasteiger partial charge is 0.382 e. The number of anilines is 2. The van der Waals surface area contributed by atoms with Crippen LogP contribution in [0.15, 0.2) is 61.4 Å². The van der Waals surface area contributed by atoms with Crippen molar-refractivity contribution in [1.29, 1.82) is 0 Å². The first-order valence-electron chi connectivity index (χ1n) is 8.98. The van der Waals surface area contributed by atoms with Gasteiger partial charge in [0, 0.05) is 10.9 Å². The zero-order valence-electron chi connectivity index (χ0n) is 16.6. The summed E-state index contributed by atoms with van der Waals surface area (Å²) in [5.74, 6) is 1.00. The lowest BCUT2D eigenvalue weighted by molar-refractivity contribution is 1.12. The van der Waals surface area contributed by atoms with Gasteiger partial charge in [-0.05, 0) is 32.1 Å². The van der Waals surface area contributed by atoms with Gasteiger partial charge in [-0.3, -0.25) is 5.10 Å². The summed E-state index contributed by atoms with van der Waals surface area (Å²) in [5.41, 5.74) is 7.68. The standard InChI is InChI=1S/C20H23N5.C2H6/c1-5-9-12-14(8-4)22-20-17-18(24-25-19(17)21)15(11-7-3)16(23-20)13-10-6-2;1-2/h5-13H,3-4H2,1-2H3,(H,22,23)(H3,21,24,25);1-2H3/b9-5-,10-6-,14-12+,15-11+,16-13+;. The Morgan fingerprint density at radius 2 is 1.81 bits per heavy atom. The molecule has 0 atom stereocenters. The second-order valence-electron chi connectivity index (χ2n) is 5.19. The topological polar surface area (TPSA) is 79.6 Å². The highest BCUT2D eigenvalue weighted by Crippen LogP contribution is 2.22. The molecule has 2 aromatic rings. The second-order valence-corrected chi connectivity index (χ2v) is 5.19. The molecular weight excluding hydrogens is 334 g/mol. The van der Waals surface area contributed by atoms with Crippen LogP contribution in [0, 0.1) is 0 Å². The van der Waals surface area contributed by atoms with E-state index in [9.17, 15) is 0 Å². The van der Waals surface area contributed by atoms with E-state index in [1.54, 1.807) is 12.2 Å². The van der Waals surface area contributed by atoms with E-state index in [4.69, 9.17) is 10.7 Å². The number of pyridine rings is 1. The van der Waals surface area contributed by atoms with Gasteiger partial charge in [-0.2, -0.15) is 5.10 Å². The Labute approximate surface area is 161 Å². The maximum Gasteiger partial charge on any atom is 0.156 e. The summed E-state index contributed by atoms with van der Waals surface area (Å²) in [6, 6.07) is 0. The van der Waals surface area contributed by atoms with Crippen molar-refractivity contribution < 1.29 is 0 Å². The fourth-order valence-corrected chi connectivity index (χ4v) is 2.34. The third-order valence-electron chi connectivity index (χ3n) is 3.49. The minimum atomic E-state index is 0.385. The maximum atomic E-state index is 6.06. The van der Waals surface area contributed by atoms with E-state index in [-0.39, 0.29) is 0 Å². The number of hydrogen-bond donors (Lipinski definition) is 3. The summed E-state index contributed by atoms with van der Waals surface area (Å²) in [7, 11) is 0. The molecule has 2 heterocycles. The molecule has 0 aromatic carbocycles. The Balaban J connectivity index is 0.00000176. The molecular formula is C22H29N5. The summed E-state index contributed by atoms with van der Waals surface area (Å²) in [4.78, 5) is 4.74. The zero-order chi connectivity index (χ0) is 20.2. The highest BCUT2D eigenvalue weighted by Gasteiger charge is 2.12. The van der Waals surface area contributed by atoms with Crippen molar-refractivity contribution in [2.75, 3.05) is 11.1 Å². The van der Waals surface area contributed by atoms with Crippen LogP contribution in [0.2, 0.25) is 0 Å². The lowest BCUT2D eigenvalue weighted by Gasteiger charge is -2.08. The number of hydrogen-bond acceptors (Lipinski definition) is 4. The molecule has 2 rings (SSSR count). The van der Waals surface area contributed by atoms with E-state index in [1.165, 1.54) is 0 Å². The number of nitrogen functional groups attached to an aromatic ring is 1. The van der Waals surface area contributed by atoms with E-state index >= 15 is 0 Å². The van der Waals surface area contributed by atoms with Crippen molar-refractivity contribution in [3.05, 3.63) is 72.0 Å². The van der Waals surface area contributed by atoms with Gasteiger partial charge in [0.1, 0.15) is 5.82 Å². The fourth-order valence-electron chi connectivity index (χ4n) is 2.34. The van der Waals surface area contributed by atoms with E-state index < -0.39 is 0 Å². The summed E-state index contributed by atoms with van der Waals surface area (Å²) < 4.78 is 0. The third kappa shape index (κ3) is 5.31. The summed E-state index contributed by atoms with van der Waals surface area (Å²) in [5, 5.41) is 12.8. The molecule has 0 saturated carbocycles. The average Bonchev–Trinajstić information content (AvgIpc) is 3.09. The first kappa shape index (κ1) is 21.7. The van der Waals surface area contributed by atoms with Crippen LogP contribution in [0.25, 0.3) is 23.1 Å². The predicted octanol–water partition coefficient (Wildman–Crippen LogP) is 3.95. The molecule has 5 heteroatoms. The maximum absolute atomic E-state index is 6.06. The summed E-state index contributed by atoms with van der Waals surface area (Å²) >= 11 is 0. The van der Waals surface area contributed by atoms with Crippen molar-refractivity contribution in [1.82, 2.24) is 15.2 Å². The van der Waals surface area contributed by atoms with Gasteiger partial charge in [0.2, 0.25) is 0 Å². The molecule has 5 nitrogen and oxygen atoms in total. The number of H-pyrrole nitrogens is 1. The molecule has 0 fully saturated rings. The van der Waals surface area contributed by atoms with Gasteiger partial charge in [-0.25, -0.2) is 4.98 Å². The van der Waals surface area contributed by atoms with Crippen LogP contribution in [-0.2, 0) is 0 Å². The Hall–Kier alpha value is -3.34. The highest BCUT2D eigenvalue weighted by molar-refractivity contribution is 5.98. The number of nitrogens with one attached hydrogen (secondary N) is 2. The fraction of sp³-hybridized carbons (Fsp3) is 0.182. The molecule has 0 spiro atoms. The molecule has 0 unspecified atom stereocenters. The van der Waals surface area contributed by atoms with Crippen molar-refractivity contribution in [2.45, 2.75) is 27.7 Å². The van der Waals surface area contributed by atoms with E-state index in [0.717, 1.165) is 27.2 Å². The lowest BCUT2D eigenvalue weighted by atomic mass is 10.2. The minimum Gasteiger partial charge on any atom is -0.382 e. The molecule has 27 heavy (non-hydrogen) atoms. The number of nitrogens with two attached hydrogens (primary N) is 1. The van der Waals surface area contributed by atoms with Crippen LogP contribution in [0.4, 0.5) is 11.6 Å². The Morgan fingerprint density at radius 1 is 1.11 bits per heavy atom. The molecule has 0 saturated heterocycles. The molecule has 0 aliphatic heterocycles. The van der Waals surface area contributed by atoms with E-state index in [0.29, 0.717) is 11.6 Å². The highest BCUT2D eigenvalue weighted by atomic mass is 15.2. The van der Waals surface area contributed by atoms with Gasteiger partial charge in [0.25, 0.3) is 0 Å². The summed E-state index contributed by atoms with van der Waals surface area (Å²) in [6.45, 7) is 15.5. The average molecular weight is 364 g/mol. The van der Waals surface area contributed by atoms with Crippen LogP contribution in [0.1, 0.15) is 27.7 Å². The van der Waals surface area contributed by atoms with Crippen molar-refractivity contribution in [2.24, 2.45) is 0 Å². The van der Waals surface area contributed by atoms with Crippen LogP contribution in [0.3, 0.4) is 0 Å². The van der Waals surface area contributed by atoms with Gasteiger partial charge in [-0.15, -0.1) is 0 Å². The number of aromatic amines is 1. The molecule has 0 aliphatic carbocycles. The number of aromatic nitrogens is 3. The molecule has 0 radical (unpaired) electrons. The van der Waals surface area contributed by atoms with Gasteiger partial charge in [-0.1, -0.05) is 63.5 Å². The number of fused-ring (bicyclic) bond motifs is 1. The molecule has 0 bridgehead atoms. The molecule has 2 aromatic heterocycles. The monoisotopic (exact) mass is 363 g/mol. The molecule has 0 aliphatic rings. The minimum absolute atomic E-state index is 0.385. The molecule has 142 valence electrons. The number of nitrogens with zero attached hydrogens (tertiary/aromatic N) is 2. The zero-order valence-corrected chi connectivity index (χ0v) is 16.6. The summed E-state index contributed by atoms with van der Waals surface area (Å²) in [6.07, 6.45) is 16.9. The number of rotatable bonds is 6. The van der Waals surface area contributed by atoms with Crippen LogP contribution in [0.5, 0.6) is 0 Å². The van der Waals surface area contributed by atoms with Gasteiger partial charge < -0.3 is 11.1 Å². The van der Waals surface area contributed by atoms with Gasteiger partial charge in [0.05, 0.1) is 16.3 Å². The SMILES string of the molecule is C=C\C=c1/c(=C\C=C/C)nc(N/C(C=C)=C/C=C\C)c2c(N)n[nH]c12.CC. The second kappa shape index (κ2) is 11.3. The smallest absolute Gasteiger partial charge is 0.156 e. The Morgan fingerprint density at radius 3 is 2.41 bits per heavy atom. The molecule has 0 amide bonds. The van der Waals surface area contributed by atoms with Gasteiger partial charge >= 0.3 is 0 Å². The first-order chi connectivity index (χ1) is 13.2. The van der Waals surface area contributed by atoms with Crippen molar-refractivity contribution in [3.63, 3.8) is 0 Å². The normalized spacial score (nSPS) is 13.3. The van der Waals surface area contributed by atoms with E-state index in [2.05, 4.69) is 28.7 Å². The van der Waals surface area contributed by atoms with Gasteiger partial charge in [0.15, 0.2) is 5.82 Å². The molecule has 4 N–H and O–H groups in total. The van der Waals surface area contributed by atoms with Crippen LogP contribution >= 0.6 is 0 Å². The van der Waals surface area contributed by atoms with Crippen molar-refractivity contribution in [3.8, 4) is 0 Å². The van der Waals surface area contributed by atoms with Crippen LogP contribution < -0.4 is 21.6 Å². The Kier molecular flexibility index (Phi) is 9.09. The van der Waals surface area contributed by atoms with Crippen LogP contribution in [-0.4, -0.2) is 15.2 Å².